The van der Waals surface area contributed by atoms with Crippen LogP contribution in [0.15, 0.2) is 0 Å². The number of nitrogens with one attached hydrogen (secondary N) is 1. The van der Waals surface area contributed by atoms with Crippen LogP contribution in [0.4, 0.5) is 0 Å². The van der Waals surface area contributed by atoms with Crippen LogP contribution in [0, 0.1) is 17.2 Å². The van der Waals surface area contributed by atoms with Crippen molar-refractivity contribution in [1.82, 2.24) is 5.09 Å². The molecule has 0 rings (SSSR count). The fourth-order valence-electron chi connectivity index (χ4n) is 1.03. The Morgan fingerprint density at radius 2 is 2.24 bits per heavy atom. The molecule has 0 aromatic carbocycles. The highest BCUT2D eigenvalue weighted by Gasteiger charge is 2.28. The smallest absolute Gasteiger partial charge is 0.323 e. The number of methoxy groups -OCH3 is 1. The summed E-state index contributed by atoms with van der Waals surface area (Å²) in [5.41, 5.74) is 0. The summed E-state index contributed by atoms with van der Waals surface area (Å²) in [6.45, 7) is 0.345. The average Bonchev–Trinajstić information content (AvgIpc) is 2.25. The zero-order valence-electron chi connectivity index (χ0n) is 10.0. The van der Waals surface area contributed by atoms with Crippen LogP contribution in [0.3, 0.4) is 0 Å². The van der Waals surface area contributed by atoms with Gasteiger partial charge in [0.05, 0.1) is 26.2 Å². The molecule has 1 unspecified atom stereocenters. The van der Waals surface area contributed by atoms with Crippen molar-refractivity contribution in [2.75, 3.05) is 13.7 Å². The van der Waals surface area contributed by atoms with E-state index >= 15 is 0 Å². The van der Waals surface area contributed by atoms with Crippen LogP contribution in [0.2, 0.25) is 0 Å². The van der Waals surface area contributed by atoms with Crippen LogP contribution in [0.25, 0.3) is 0 Å². The van der Waals surface area contributed by atoms with Gasteiger partial charge in [-0.05, 0) is 17.7 Å². The van der Waals surface area contributed by atoms with E-state index in [1.807, 2.05) is 6.07 Å². The monoisotopic (exact) mass is 280 g/mol. The number of nitriles is 1. The third kappa shape index (κ3) is 6.71. The fraction of sp³-hybridized carbons (Fsp3) is 0.778. The minimum Gasteiger partial charge on any atom is -0.468 e. The number of hydrogen-bond acceptors (Lipinski definition) is 5. The number of carbonyl (C=O) groups is 1. The molecule has 0 bridgehead atoms. The quantitative estimate of drug-likeness (QED) is 0.407. The summed E-state index contributed by atoms with van der Waals surface area (Å²) in [6.07, 6.45) is 0.130. The zero-order valence-corrected chi connectivity index (χ0v) is 11.8. The number of hydrogen-bond donors (Lipinski definition) is 2. The Hall–Kier alpha value is -0.510. The molecule has 0 aromatic rings. The van der Waals surface area contributed by atoms with Crippen molar-refractivity contribution in [3.63, 3.8) is 0 Å². The molecule has 6 nitrogen and oxygen atoms in total. The van der Waals surface area contributed by atoms with E-state index < -0.39 is 18.7 Å². The first-order valence-corrected chi connectivity index (χ1v) is 7.71. The highest BCUT2D eigenvalue weighted by molar-refractivity contribution is 8.08. The largest absolute Gasteiger partial charge is 0.468 e. The number of carbonyl (C=O) groups excluding carboxylic acids is 1. The second kappa shape index (κ2) is 7.75. The van der Waals surface area contributed by atoms with Gasteiger partial charge in [-0.1, -0.05) is 13.8 Å². The Morgan fingerprint density at radius 1 is 1.65 bits per heavy atom. The summed E-state index contributed by atoms with van der Waals surface area (Å²) in [7, 11) is 1.26. The number of nitrogens with zero attached hydrogens (tertiary/aromatic N) is 1. The van der Waals surface area contributed by atoms with Crippen molar-refractivity contribution in [3.8, 4) is 6.07 Å². The van der Waals surface area contributed by atoms with Gasteiger partial charge in [0.2, 0.25) is 0 Å². The predicted octanol–water partition coefficient (Wildman–Crippen LogP) is 0.921. The van der Waals surface area contributed by atoms with Gasteiger partial charge in [0.25, 0.3) is 6.64 Å². The summed E-state index contributed by atoms with van der Waals surface area (Å²) in [4.78, 5) is 21.2. The molecule has 0 radical (unpaired) electrons. The molecule has 17 heavy (non-hydrogen) atoms. The lowest BCUT2D eigenvalue weighted by Gasteiger charge is -2.24. The second-order valence-corrected chi connectivity index (χ2v) is 6.68. The molecule has 2 atom stereocenters. The Labute approximate surface area is 106 Å². The van der Waals surface area contributed by atoms with Gasteiger partial charge in [-0.2, -0.15) is 5.26 Å². The number of ether oxygens (including phenoxy) is 1. The molecular weight excluding hydrogens is 263 g/mol. The first-order valence-electron chi connectivity index (χ1n) is 5.04. The van der Waals surface area contributed by atoms with Crippen LogP contribution in [-0.4, -0.2) is 30.6 Å². The van der Waals surface area contributed by atoms with E-state index in [0.29, 0.717) is 0 Å². The minimum absolute atomic E-state index is 0.0310. The van der Waals surface area contributed by atoms with Gasteiger partial charge in [0.15, 0.2) is 0 Å². The van der Waals surface area contributed by atoms with E-state index in [1.54, 1.807) is 13.8 Å². The molecule has 0 heterocycles. The van der Waals surface area contributed by atoms with Crippen molar-refractivity contribution >= 4 is 24.4 Å². The van der Waals surface area contributed by atoms with E-state index in [9.17, 15) is 9.69 Å². The summed E-state index contributed by atoms with van der Waals surface area (Å²) in [6, 6.07) is 1.14. The first kappa shape index (κ1) is 16.5. The summed E-state index contributed by atoms with van der Waals surface area (Å²) in [5.74, 6) is -0.608. The van der Waals surface area contributed by atoms with E-state index in [1.165, 1.54) is 7.11 Å². The fourth-order valence-corrected chi connectivity index (χ4v) is 2.76. The Bertz CT molecular complexity index is 342. The minimum atomic E-state index is -3.27. The lowest BCUT2D eigenvalue weighted by atomic mass is 10.1. The molecular formula is C9H17N2O4PS. The van der Waals surface area contributed by atoms with Crippen molar-refractivity contribution in [2.45, 2.75) is 26.3 Å². The summed E-state index contributed by atoms with van der Waals surface area (Å²) < 4.78 is 9.58. The Morgan fingerprint density at radius 3 is 2.65 bits per heavy atom. The molecule has 0 aliphatic carbocycles. The van der Waals surface area contributed by atoms with Crippen LogP contribution in [0.5, 0.6) is 0 Å². The van der Waals surface area contributed by atoms with Crippen molar-refractivity contribution < 1.29 is 18.9 Å². The number of esters is 1. The van der Waals surface area contributed by atoms with Gasteiger partial charge < -0.3 is 14.2 Å². The van der Waals surface area contributed by atoms with Gasteiger partial charge >= 0.3 is 5.97 Å². The molecule has 8 heteroatoms. The lowest BCUT2D eigenvalue weighted by molar-refractivity contribution is -0.143. The van der Waals surface area contributed by atoms with Crippen LogP contribution >= 0.6 is 6.64 Å². The Kier molecular flexibility index (Phi) is 7.51. The second-order valence-electron chi connectivity index (χ2n) is 3.64. The van der Waals surface area contributed by atoms with E-state index in [-0.39, 0.29) is 18.9 Å². The number of rotatable bonds is 7. The summed E-state index contributed by atoms with van der Waals surface area (Å²) >= 11 is 4.84. The van der Waals surface area contributed by atoms with E-state index in [4.69, 9.17) is 21.6 Å². The molecule has 0 spiro atoms. The van der Waals surface area contributed by atoms with Crippen LogP contribution in [0.1, 0.15) is 20.3 Å². The van der Waals surface area contributed by atoms with E-state index in [2.05, 4.69) is 9.82 Å². The molecule has 0 aliphatic rings. The third-order valence-electron chi connectivity index (χ3n) is 1.90. The van der Waals surface area contributed by atoms with Gasteiger partial charge in [0, 0.05) is 0 Å². The maximum absolute atomic E-state index is 11.4. The zero-order chi connectivity index (χ0) is 13.5. The maximum Gasteiger partial charge on any atom is 0.323 e. The van der Waals surface area contributed by atoms with Gasteiger partial charge in [-0.15, -0.1) is 0 Å². The molecule has 2 N–H and O–H groups in total. The van der Waals surface area contributed by atoms with Crippen LogP contribution < -0.4 is 5.09 Å². The molecule has 0 fully saturated rings. The van der Waals surface area contributed by atoms with Gasteiger partial charge in [0.1, 0.15) is 6.04 Å². The van der Waals surface area contributed by atoms with Crippen LogP contribution in [-0.2, 0) is 25.9 Å². The molecule has 0 saturated heterocycles. The van der Waals surface area contributed by atoms with Gasteiger partial charge in [-0.25, -0.2) is 5.09 Å². The maximum atomic E-state index is 11.4. The molecule has 0 aliphatic heterocycles. The lowest BCUT2D eigenvalue weighted by Crippen LogP contribution is -2.40. The predicted molar refractivity (Wildman–Crippen MR) is 66.5 cm³/mol. The van der Waals surface area contributed by atoms with Crippen molar-refractivity contribution in [1.29, 1.82) is 5.26 Å². The highest BCUT2D eigenvalue weighted by atomic mass is 32.5. The van der Waals surface area contributed by atoms with Crippen molar-refractivity contribution in [3.05, 3.63) is 0 Å². The van der Waals surface area contributed by atoms with Crippen molar-refractivity contribution in [2.24, 2.45) is 5.92 Å². The topological polar surface area (TPSA) is 91.6 Å². The molecule has 98 valence electrons. The Balaban J connectivity index is 4.48. The van der Waals surface area contributed by atoms with Gasteiger partial charge in [-0.3, -0.25) is 4.79 Å². The molecule has 0 aromatic heterocycles. The first-order chi connectivity index (χ1) is 7.84. The molecule has 0 amide bonds. The molecule has 0 saturated carbocycles. The third-order valence-corrected chi connectivity index (χ3v) is 3.67. The highest BCUT2D eigenvalue weighted by Crippen LogP contribution is 2.38. The van der Waals surface area contributed by atoms with E-state index in [0.717, 1.165) is 0 Å². The average molecular weight is 280 g/mol. The summed E-state index contributed by atoms with van der Waals surface area (Å²) in [5, 5.41) is 10.9. The standard InChI is InChI=1S/C9H17N2O4PS/c1-7(2)8(9(12)14-3)11-16(13,17)15-6-4-5-10/h7-8H,4,6H2,1-3H3,(H2,11,13,17)/t8-,16?/m0/s1. The normalized spacial score (nSPS) is 16.0. The SMILES string of the molecule is COC(=O)[C@@H](NP(O)(=S)OCCC#N)C(C)C.